The molecule has 1 aliphatic heterocycles. The summed E-state index contributed by atoms with van der Waals surface area (Å²) in [6, 6.07) is 14.7. The van der Waals surface area contributed by atoms with Crippen LogP contribution >= 0.6 is 0 Å². The molecule has 1 aliphatic rings. The maximum atomic E-state index is 13.0. The van der Waals surface area contributed by atoms with Gasteiger partial charge in [-0.05, 0) is 55.5 Å². The molecule has 2 aromatic carbocycles. The number of carbonyl (C=O) groups is 2. The standard InChI is InChI=1S/C24H31N3O3/c1-18-11-14-27(15-12-18)22-10-9-20(26-23(28)19-7-4-3-5-8-19)17-21(22)24(29)25-13-6-16-30-2/h3-5,7-10,17-18H,6,11-16H2,1-2H3,(H,25,29)(H,26,28). The predicted molar refractivity (Wildman–Crippen MR) is 120 cm³/mol. The van der Waals surface area contributed by atoms with Gasteiger partial charge in [-0.15, -0.1) is 0 Å². The van der Waals surface area contributed by atoms with Crippen LogP contribution in [0.25, 0.3) is 0 Å². The quantitative estimate of drug-likeness (QED) is 0.648. The third kappa shape index (κ3) is 5.83. The molecule has 0 radical (unpaired) electrons. The van der Waals surface area contributed by atoms with Crippen LogP contribution in [-0.4, -0.2) is 45.2 Å². The summed E-state index contributed by atoms with van der Waals surface area (Å²) in [4.78, 5) is 27.7. The minimum absolute atomic E-state index is 0.129. The van der Waals surface area contributed by atoms with Crippen molar-refractivity contribution < 1.29 is 14.3 Å². The zero-order chi connectivity index (χ0) is 21.3. The van der Waals surface area contributed by atoms with E-state index in [0.717, 1.165) is 38.0 Å². The Bertz CT molecular complexity index is 846. The second-order valence-corrected chi connectivity index (χ2v) is 7.82. The number of amides is 2. The molecule has 6 heteroatoms. The molecule has 2 N–H and O–H groups in total. The highest BCUT2D eigenvalue weighted by Crippen LogP contribution is 2.29. The zero-order valence-corrected chi connectivity index (χ0v) is 17.8. The van der Waals surface area contributed by atoms with Gasteiger partial charge in [0.25, 0.3) is 11.8 Å². The van der Waals surface area contributed by atoms with E-state index in [-0.39, 0.29) is 11.8 Å². The van der Waals surface area contributed by atoms with Crippen molar-refractivity contribution >= 4 is 23.2 Å². The molecule has 6 nitrogen and oxygen atoms in total. The molecule has 0 spiro atoms. The first kappa shape index (κ1) is 21.8. The van der Waals surface area contributed by atoms with Crippen LogP contribution in [-0.2, 0) is 4.74 Å². The fourth-order valence-electron chi connectivity index (χ4n) is 3.63. The summed E-state index contributed by atoms with van der Waals surface area (Å²) in [5, 5.41) is 5.89. The van der Waals surface area contributed by atoms with Crippen molar-refractivity contribution in [2.75, 3.05) is 43.6 Å². The van der Waals surface area contributed by atoms with Crippen LogP contribution in [0.3, 0.4) is 0 Å². The van der Waals surface area contributed by atoms with Crippen LogP contribution in [0.5, 0.6) is 0 Å². The second-order valence-electron chi connectivity index (χ2n) is 7.82. The summed E-state index contributed by atoms with van der Waals surface area (Å²) < 4.78 is 5.06. The van der Waals surface area contributed by atoms with Gasteiger partial charge in [-0.1, -0.05) is 25.1 Å². The van der Waals surface area contributed by atoms with Gasteiger partial charge in [0.15, 0.2) is 0 Å². The van der Waals surface area contributed by atoms with Gasteiger partial charge in [0.2, 0.25) is 0 Å². The fourth-order valence-corrected chi connectivity index (χ4v) is 3.63. The summed E-state index contributed by atoms with van der Waals surface area (Å²) >= 11 is 0. The monoisotopic (exact) mass is 409 g/mol. The molecule has 0 atom stereocenters. The van der Waals surface area contributed by atoms with E-state index in [9.17, 15) is 9.59 Å². The normalized spacial score (nSPS) is 14.4. The first-order valence-corrected chi connectivity index (χ1v) is 10.6. The molecule has 0 bridgehead atoms. The van der Waals surface area contributed by atoms with Crippen LogP contribution in [0, 0.1) is 5.92 Å². The summed E-state index contributed by atoms with van der Waals surface area (Å²) in [6.45, 7) is 5.28. The first-order valence-electron chi connectivity index (χ1n) is 10.6. The minimum atomic E-state index is -0.193. The largest absolute Gasteiger partial charge is 0.385 e. The van der Waals surface area contributed by atoms with E-state index in [2.05, 4.69) is 22.5 Å². The van der Waals surface area contributed by atoms with Crippen LogP contribution in [0.1, 0.15) is 46.9 Å². The number of hydrogen-bond acceptors (Lipinski definition) is 4. The van der Waals surface area contributed by atoms with E-state index >= 15 is 0 Å². The highest BCUT2D eigenvalue weighted by Gasteiger charge is 2.22. The van der Waals surface area contributed by atoms with Crippen molar-refractivity contribution in [1.29, 1.82) is 0 Å². The molecule has 1 heterocycles. The maximum absolute atomic E-state index is 13.0. The average Bonchev–Trinajstić information content (AvgIpc) is 2.78. The second kappa shape index (κ2) is 10.8. The molecular weight excluding hydrogens is 378 g/mol. The Hall–Kier alpha value is -2.86. The van der Waals surface area contributed by atoms with Gasteiger partial charge in [0.05, 0.1) is 5.56 Å². The van der Waals surface area contributed by atoms with Gasteiger partial charge >= 0.3 is 0 Å². The number of ether oxygens (including phenoxy) is 1. The van der Waals surface area contributed by atoms with E-state index in [0.29, 0.717) is 35.9 Å². The molecule has 0 unspecified atom stereocenters. The number of piperidine rings is 1. The van der Waals surface area contributed by atoms with Gasteiger partial charge in [0, 0.05) is 50.3 Å². The molecule has 3 rings (SSSR count). The highest BCUT2D eigenvalue weighted by atomic mass is 16.5. The molecule has 30 heavy (non-hydrogen) atoms. The molecule has 2 aromatic rings. The van der Waals surface area contributed by atoms with Crippen LogP contribution in [0.15, 0.2) is 48.5 Å². The summed E-state index contributed by atoms with van der Waals surface area (Å²) in [5.41, 5.74) is 2.70. The summed E-state index contributed by atoms with van der Waals surface area (Å²) in [7, 11) is 1.65. The lowest BCUT2D eigenvalue weighted by Crippen LogP contribution is -2.35. The van der Waals surface area contributed by atoms with Gasteiger partial charge in [-0.2, -0.15) is 0 Å². The number of nitrogens with zero attached hydrogens (tertiary/aromatic N) is 1. The van der Waals surface area contributed by atoms with Crippen molar-refractivity contribution in [3.8, 4) is 0 Å². The summed E-state index contributed by atoms with van der Waals surface area (Å²) in [5.74, 6) is 0.383. The van der Waals surface area contributed by atoms with Gasteiger partial charge in [-0.25, -0.2) is 0 Å². The third-order valence-corrected chi connectivity index (χ3v) is 5.47. The topological polar surface area (TPSA) is 70.7 Å². The summed E-state index contributed by atoms with van der Waals surface area (Å²) in [6.07, 6.45) is 2.98. The number of rotatable bonds is 8. The Balaban J connectivity index is 1.80. The first-order chi connectivity index (χ1) is 14.6. The van der Waals surface area contributed by atoms with Gasteiger partial charge < -0.3 is 20.3 Å². The molecule has 0 saturated carbocycles. The number of anilines is 2. The van der Waals surface area contributed by atoms with E-state index in [1.807, 2.05) is 30.3 Å². The Morgan fingerprint density at radius 1 is 1.07 bits per heavy atom. The molecule has 0 aromatic heterocycles. The van der Waals surface area contributed by atoms with Crippen molar-refractivity contribution in [3.05, 3.63) is 59.7 Å². The SMILES string of the molecule is COCCCNC(=O)c1cc(NC(=O)c2ccccc2)ccc1N1CCC(C)CC1. The van der Waals surface area contributed by atoms with Crippen molar-refractivity contribution in [1.82, 2.24) is 5.32 Å². The Morgan fingerprint density at radius 3 is 2.50 bits per heavy atom. The fraction of sp³-hybridized carbons (Fsp3) is 0.417. The molecule has 160 valence electrons. The Kier molecular flexibility index (Phi) is 7.85. The molecule has 0 aliphatic carbocycles. The van der Waals surface area contributed by atoms with Crippen molar-refractivity contribution in [2.45, 2.75) is 26.2 Å². The number of carbonyl (C=O) groups excluding carboxylic acids is 2. The number of nitrogens with one attached hydrogen (secondary N) is 2. The van der Waals surface area contributed by atoms with E-state index in [1.165, 1.54) is 0 Å². The van der Waals surface area contributed by atoms with E-state index in [1.54, 1.807) is 25.3 Å². The van der Waals surface area contributed by atoms with Gasteiger partial charge in [0.1, 0.15) is 0 Å². The van der Waals surface area contributed by atoms with Crippen LogP contribution in [0.2, 0.25) is 0 Å². The molecule has 1 saturated heterocycles. The maximum Gasteiger partial charge on any atom is 0.255 e. The molecular formula is C24H31N3O3. The third-order valence-electron chi connectivity index (χ3n) is 5.47. The van der Waals surface area contributed by atoms with Crippen molar-refractivity contribution in [2.24, 2.45) is 5.92 Å². The van der Waals surface area contributed by atoms with E-state index in [4.69, 9.17) is 4.74 Å². The minimum Gasteiger partial charge on any atom is -0.385 e. The van der Waals surface area contributed by atoms with Crippen LogP contribution in [0.4, 0.5) is 11.4 Å². The van der Waals surface area contributed by atoms with Crippen LogP contribution < -0.4 is 15.5 Å². The lowest BCUT2D eigenvalue weighted by Gasteiger charge is -2.33. The Labute approximate surface area is 178 Å². The lowest BCUT2D eigenvalue weighted by atomic mass is 9.97. The average molecular weight is 410 g/mol. The lowest BCUT2D eigenvalue weighted by molar-refractivity contribution is 0.0947. The molecule has 2 amide bonds. The number of methoxy groups -OCH3 is 1. The number of hydrogen-bond donors (Lipinski definition) is 2. The van der Waals surface area contributed by atoms with Crippen molar-refractivity contribution in [3.63, 3.8) is 0 Å². The predicted octanol–water partition coefficient (Wildman–Crippen LogP) is 3.94. The zero-order valence-electron chi connectivity index (χ0n) is 17.8. The molecule has 1 fully saturated rings. The number of benzene rings is 2. The Morgan fingerprint density at radius 2 is 1.80 bits per heavy atom. The van der Waals surface area contributed by atoms with Gasteiger partial charge in [-0.3, -0.25) is 9.59 Å². The van der Waals surface area contributed by atoms with E-state index < -0.39 is 0 Å². The smallest absolute Gasteiger partial charge is 0.255 e. The highest BCUT2D eigenvalue weighted by molar-refractivity contribution is 6.06.